The lowest BCUT2D eigenvalue weighted by molar-refractivity contribution is 0.424. The van der Waals surface area contributed by atoms with Crippen LogP contribution in [0, 0.1) is 5.82 Å². The van der Waals surface area contributed by atoms with Crippen LogP contribution in [-0.2, 0) is 6.42 Å². The zero-order valence-electron chi connectivity index (χ0n) is 9.84. The first-order valence-corrected chi connectivity index (χ1v) is 6.51. The van der Waals surface area contributed by atoms with E-state index < -0.39 is 5.82 Å². The lowest BCUT2D eigenvalue weighted by atomic mass is 10.2. The Morgan fingerprint density at radius 2 is 2.21 bits per heavy atom. The van der Waals surface area contributed by atoms with Gasteiger partial charge >= 0.3 is 0 Å². The van der Waals surface area contributed by atoms with Gasteiger partial charge < -0.3 is 10.3 Å². The van der Waals surface area contributed by atoms with Gasteiger partial charge in [0.2, 0.25) is 0 Å². The van der Waals surface area contributed by atoms with Crippen LogP contribution in [0.5, 0.6) is 0 Å². The highest BCUT2D eigenvalue weighted by molar-refractivity contribution is 7.09. The van der Waals surface area contributed by atoms with Crippen LogP contribution >= 0.6 is 11.3 Å². The van der Waals surface area contributed by atoms with E-state index >= 15 is 0 Å². The van der Waals surface area contributed by atoms with Crippen molar-refractivity contribution in [2.45, 2.75) is 6.42 Å². The third kappa shape index (κ3) is 2.48. The summed E-state index contributed by atoms with van der Waals surface area (Å²) in [7, 11) is 0. The second kappa shape index (κ2) is 4.81. The van der Waals surface area contributed by atoms with E-state index in [0.29, 0.717) is 23.7 Å². The van der Waals surface area contributed by atoms with Crippen molar-refractivity contribution in [2.75, 3.05) is 5.73 Å². The number of halogens is 1. The highest BCUT2D eigenvalue weighted by atomic mass is 32.1. The van der Waals surface area contributed by atoms with Crippen LogP contribution in [0.2, 0.25) is 0 Å². The highest BCUT2D eigenvalue weighted by Gasteiger charge is 2.11. The minimum absolute atomic E-state index is 0.0991. The Hall–Kier alpha value is -2.21. The zero-order chi connectivity index (χ0) is 13.2. The van der Waals surface area contributed by atoms with Crippen molar-refractivity contribution in [1.82, 2.24) is 10.1 Å². The van der Waals surface area contributed by atoms with Gasteiger partial charge in [0.15, 0.2) is 5.82 Å². The van der Waals surface area contributed by atoms with E-state index in [1.54, 1.807) is 17.4 Å². The molecule has 2 aromatic heterocycles. The van der Waals surface area contributed by atoms with Crippen molar-refractivity contribution in [1.29, 1.82) is 0 Å². The van der Waals surface area contributed by atoms with E-state index in [1.807, 2.05) is 17.5 Å². The summed E-state index contributed by atoms with van der Waals surface area (Å²) in [5.41, 5.74) is 6.05. The summed E-state index contributed by atoms with van der Waals surface area (Å²) in [6, 6.07) is 8.40. The molecular weight excluding hydrogens is 265 g/mol. The summed E-state index contributed by atoms with van der Waals surface area (Å²) < 4.78 is 18.5. The normalized spacial score (nSPS) is 10.8. The Kier molecular flexibility index (Phi) is 3.00. The summed E-state index contributed by atoms with van der Waals surface area (Å²) >= 11 is 1.63. The number of hydrogen-bond acceptors (Lipinski definition) is 5. The van der Waals surface area contributed by atoms with Crippen LogP contribution in [-0.4, -0.2) is 10.1 Å². The molecular formula is C13H10FN3OS. The van der Waals surface area contributed by atoms with Gasteiger partial charge in [-0.1, -0.05) is 11.2 Å². The number of rotatable bonds is 3. The third-order valence-corrected chi connectivity index (χ3v) is 3.50. The molecule has 0 saturated carbocycles. The SMILES string of the molecule is Nc1ccc(-c2nc(Cc3cccs3)no2)cc1F. The summed E-state index contributed by atoms with van der Waals surface area (Å²) in [6.45, 7) is 0. The van der Waals surface area contributed by atoms with E-state index in [2.05, 4.69) is 10.1 Å². The smallest absolute Gasteiger partial charge is 0.258 e. The maximum atomic E-state index is 13.4. The van der Waals surface area contributed by atoms with Crippen LogP contribution in [0.15, 0.2) is 40.2 Å². The first kappa shape index (κ1) is 11.9. The van der Waals surface area contributed by atoms with Crippen LogP contribution < -0.4 is 5.73 Å². The molecule has 0 unspecified atom stereocenters. The van der Waals surface area contributed by atoms with Crippen LogP contribution in [0.3, 0.4) is 0 Å². The molecule has 0 atom stereocenters. The fourth-order valence-electron chi connectivity index (χ4n) is 1.67. The summed E-state index contributed by atoms with van der Waals surface area (Å²) in [5.74, 6) is 0.385. The molecule has 0 bridgehead atoms. The highest BCUT2D eigenvalue weighted by Crippen LogP contribution is 2.22. The first-order chi connectivity index (χ1) is 9.22. The van der Waals surface area contributed by atoms with Gasteiger partial charge in [-0.3, -0.25) is 0 Å². The van der Waals surface area contributed by atoms with Crippen molar-refractivity contribution >= 4 is 17.0 Å². The lowest BCUT2D eigenvalue weighted by Crippen LogP contribution is -1.91. The van der Waals surface area contributed by atoms with Gasteiger partial charge in [-0.25, -0.2) is 4.39 Å². The number of nitrogen functional groups attached to an aromatic ring is 1. The van der Waals surface area contributed by atoms with Crippen molar-refractivity contribution in [3.8, 4) is 11.5 Å². The van der Waals surface area contributed by atoms with E-state index in [1.165, 1.54) is 12.1 Å². The molecule has 6 heteroatoms. The van der Waals surface area contributed by atoms with E-state index in [9.17, 15) is 4.39 Å². The maximum absolute atomic E-state index is 13.4. The third-order valence-electron chi connectivity index (χ3n) is 2.63. The van der Waals surface area contributed by atoms with Gasteiger partial charge in [0.05, 0.1) is 5.69 Å². The molecule has 3 rings (SSSR count). The molecule has 0 aliphatic carbocycles. The van der Waals surface area contributed by atoms with Crippen molar-refractivity contribution in [3.63, 3.8) is 0 Å². The van der Waals surface area contributed by atoms with Crippen LogP contribution in [0.1, 0.15) is 10.7 Å². The predicted molar refractivity (Wildman–Crippen MR) is 71.2 cm³/mol. The van der Waals surface area contributed by atoms with E-state index in [4.69, 9.17) is 10.3 Å². The van der Waals surface area contributed by atoms with Gasteiger partial charge in [-0.15, -0.1) is 11.3 Å². The minimum atomic E-state index is -0.490. The molecule has 3 aromatic rings. The van der Waals surface area contributed by atoms with Crippen molar-refractivity contribution < 1.29 is 8.91 Å². The second-order valence-corrected chi connectivity index (χ2v) is 5.04. The molecule has 2 heterocycles. The van der Waals surface area contributed by atoms with Gasteiger partial charge in [0.1, 0.15) is 5.82 Å². The monoisotopic (exact) mass is 275 g/mol. The fraction of sp³-hybridized carbons (Fsp3) is 0.0769. The van der Waals surface area contributed by atoms with Crippen molar-refractivity contribution in [3.05, 3.63) is 52.2 Å². The molecule has 0 spiro atoms. The van der Waals surface area contributed by atoms with Gasteiger partial charge in [-0.05, 0) is 29.6 Å². The Balaban J connectivity index is 1.86. The Morgan fingerprint density at radius 3 is 2.95 bits per heavy atom. The zero-order valence-corrected chi connectivity index (χ0v) is 10.7. The summed E-state index contributed by atoms with van der Waals surface area (Å²) in [5, 5.41) is 5.88. The number of anilines is 1. The molecule has 0 radical (unpaired) electrons. The molecule has 1 aromatic carbocycles. The van der Waals surface area contributed by atoms with E-state index in [-0.39, 0.29) is 5.69 Å². The molecule has 2 N–H and O–H groups in total. The molecule has 0 fully saturated rings. The van der Waals surface area contributed by atoms with Gasteiger partial charge in [0.25, 0.3) is 5.89 Å². The predicted octanol–water partition coefficient (Wildman–Crippen LogP) is 3.11. The molecule has 0 amide bonds. The molecule has 96 valence electrons. The fourth-order valence-corrected chi connectivity index (χ4v) is 2.37. The number of thiophene rings is 1. The maximum Gasteiger partial charge on any atom is 0.258 e. The Labute approximate surface area is 112 Å². The average molecular weight is 275 g/mol. The molecule has 0 saturated heterocycles. The van der Waals surface area contributed by atoms with Crippen LogP contribution in [0.4, 0.5) is 10.1 Å². The second-order valence-electron chi connectivity index (χ2n) is 4.01. The Morgan fingerprint density at radius 1 is 1.32 bits per heavy atom. The molecule has 19 heavy (non-hydrogen) atoms. The van der Waals surface area contributed by atoms with Gasteiger partial charge in [0, 0.05) is 16.9 Å². The lowest BCUT2D eigenvalue weighted by Gasteiger charge is -1.97. The number of benzene rings is 1. The average Bonchev–Trinajstić information content (AvgIpc) is 3.05. The first-order valence-electron chi connectivity index (χ1n) is 5.63. The molecule has 0 aliphatic rings. The minimum Gasteiger partial charge on any atom is -0.396 e. The van der Waals surface area contributed by atoms with E-state index in [0.717, 1.165) is 4.88 Å². The van der Waals surface area contributed by atoms with Gasteiger partial charge in [-0.2, -0.15) is 4.98 Å². The molecule has 0 aliphatic heterocycles. The standard InChI is InChI=1S/C13H10FN3OS/c14-10-6-8(3-4-11(10)15)13-16-12(17-18-13)7-9-2-1-5-19-9/h1-6H,7,15H2. The largest absolute Gasteiger partial charge is 0.396 e. The number of aromatic nitrogens is 2. The number of nitrogens with two attached hydrogens (primary N) is 1. The van der Waals surface area contributed by atoms with Crippen LogP contribution in [0.25, 0.3) is 11.5 Å². The summed E-state index contributed by atoms with van der Waals surface area (Å²) in [6.07, 6.45) is 0.610. The quantitative estimate of drug-likeness (QED) is 0.746. The number of hydrogen-bond donors (Lipinski definition) is 1. The topological polar surface area (TPSA) is 64.9 Å². The van der Waals surface area contributed by atoms with Crippen molar-refractivity contribution in [2.24, 2.45) is 0 Å². The number of nitrogens with zero attached hydrogens (tertiary/aromatic N) is 2. The Bertz CT molecular complexity index is 694. The summed E-state index contributed by atoms with van der Waals surface area (Å²) in [4.78, 5) is 5.40. The molecule has 4 nitrogen and oxygen atoms in total.